The van der Waals surface area contributed by atoms with E-state index in [1.165, 1.54) is 11.1 Å². The molecule has 9 rings (SSSR count). The third-order valence-electron chi connectivity index (χ3n) is 11.7. The quantitative estimate of drug-likeness (QED) is 0.134. The summed E-state index contributed by atoms with van der Waals surface area (Å²) in [5, 5.41) is 22.2. The lowest BCUT2D eigenvalue weighted by atomic mass is 9.86. The summed E-state index contributed by atoms with van der Waals surface area (Å²) in [7, 11) is -4.11. The van der Waals surface area contributed by atoms with Gasteiger partial charge in [0.2, 0.25) is 10.0 Å². The van der Waals surface area contributed by atoms with Crippen LogP contribution in [0.25, 0.3) is 24.3 Å². The van der Waals surface area contributed by atoms with Gasteiger partial charge in [0.05, 0.1) is 35.2 Å². The molecule has 312 valence electrons. The Morgan fingerprint density at radius 1 is 0.583 bits per heavy atom. The lowest BCUT2D eigenvalue weighted by molar-refractivity contribution is -0.274. The molecule has 5 aromatic rings. The molecule has 2 saturated carbocycles. The van der Waals surface area contributed by atoms with Crippen LogP contribution in [-0.2, 0) is 10.0 Å². The fourth-order valence-electron chi connectivity index (χ4n) is 8.85. The average Bonchev–Trinajstić information content (AvgIpc) is 3.51. The average molecular weight is 837 g/mol. The van der Waals surface area contributed by atoms with Gasteiger partial charge in [0, 0.05) is 28.8 Å². The van der Waals surface area contributed by atoms with Crippen molar-refractivity contribution in [2.24, 2.45) is 5.73 Å². The van der Waals surface area contributed by atoms with E-state index in [-0.39, 0.29) is 17.0 Å². The van der Waals surface area contributed by atoms with E-state index in [1.807, 2.05) is 60.7 Å². The molecule has 13 heteroatoms. The molecule has 0 aromatic heterocycles. The molecule has 6 atom stereocenters. The minimum atomic E-state index is -4.88. The lowest BCUT2D eigenvalue weighted by Gasteiger charge is -2.43. The van der Waals surface area contributed by atoms with Crippen molar-refractivity contribution in [2.45, 2.75) is 86.2 Å². The van der Waals surface area contributed by atoms with Gasteiger partial charge in [-0.15, -0.1) is 13.2 Å². The molecule has 0 spiro atoms. The van der Waals surface area contributed by atoms with E-state index in [0.717, 1.165) is 77.4 Å². The number of hydrogen-bond acceptors (Lipinski definition) is 8. The predicted octanol–water partition coefficient (Wildman–Crippen LogP) is 9.02. The maximum atomic E-state index is 13.1. The molecule has 4 aliphatic rings. The van der Waals surface area contributed by atoms with Crippen molar-refractivity contribution in [1.29, 1.82) is 0 Å². The topological polar surface area (TPSA) is 128 Å². The monoisotopic (exact) mass is 836 g/mol. The molecule has 5 aromatic carbocycles. The number of fused-ring (bicyclic) bond motifs is 4. The normalized spacial score (nSPS) is 23.4. The van der Waals surface area contributed by atoms with Crippen molar-refractivity contribution in [3.63, 3.8) is 0 Å². The number of rotatable bonds is 6. The van der Waals surface area contributed by atoms with Crippen LogP contribution in [0, 0.1) is 0 Å². The van der Waals surface area contributed by atoms with E-state index >= 15 is 0 Å². The van der Waals surface area contributed by atoms with Gasteiger partial charge in [-0.3, -0.25) is 0 Å². The first-order valence-electron chi connectivity index (χ1n) is 20.2. The van der Waals surface area contributed by atoms with Crippen LogP contribution < -0.4 is 25.0 Å². The summed E-state index contributed by atoms with van der Waals surface area (Å²) in [6.07, 6.45) is 6.56. The molecule has 2 heterocycles. The molecule has 2 aliphatic heterocycles. The van der Waals surface area contributed by atoms with Gasteiger partial charge in [-0.05, 0) is 109 Å². The van der Waals surface area contributed by atoms with Gasteiger partial charge in [0.1, 0.15) is 5.75 Å². The number of hydrogen-bond donors (Lipinski definition) is 4. The molecular weight excluding hydrogens is 790 g/mol. The molecule has 2 aliphatic carbocycles. The smallest absolute Gasteiger partial charge is 0.406 e. The third kappa shape index (κ3) is 8.72. The first kappa shape index (κ1) is 41.3. The summed E-state index contributed by atoms with van der Waals surface area (Å²) in [6, 6.07) is 35.1. The van der Waals surface area contributed by atoms with Gasteiger partial charge < -0.3 is 30.5 Å². The number of sulfonamides is 1. The second kappa shape index (κ2) is 17.3. The Morgan fingerprint density at radius 3 is 1.42 bits per heavy atom. The van der Waals surface area contributed by atoms with Crippen LogP contribution in [0.1, 0.15) is 60.8 Å². The van der Waals surface area contributed by atoms with Gasteiger partial charge in [-0.25, -0.2) is 13.1 Å². The van der Waals surface area contributed by atoms with Gasteiger partial charge in [0.25, 0.3) is 0 Å². The first-order chi connectivity index (χ1) is 28.9. The maximum Gasteiger partial charge on any atom is 0.573 e. The molecule has 0 saturated heterocycles. The molecule has 60 heavy (non-hydrogen) atoms. The van der Waals surface area contributed by atoms with Crippen LogP contribution in [0.2, 0.25) is 0 Å². The second-order valence-electron chi connectivity index (χ2n) is 15.5. The molecule has 0 amide bonds. The van der Waals surface area contributed by atoms with Crippen LogP contribution in [0.15, 0.2) is 126 Å². The molecule has 9 nitrogen and oxygen atoms in total. The van der Waals surface area contributed by atoms with E-state index < -0.39 is 46.4 Å². The zero-order chi connectivity index (χ0) is 42.0. The number of para-hydroxylation sites is 4. The minimum Gasteiger partial charge on any atom is -0.406 e. The maximum absolute atomic E-state index is 13.1. The molecule has 5 N–H and O–H groups in total. The molecule has 0 unspecified atom stereocenters. The van der Waals surface area contributed by atoms with Gasteiger partial charge in [0.15, 0.2) is 0 Å². The highest BCUT2D eigenvalue weighted by atomic mass is 32.2. The zero-order valence-electron chi connectivity index (χ0n) is 32.7. The number of nitrogens with one attached hydrogen (secondary N) is 1. The number of nitrogens with two attached hydrogens (primary N) is 1. The largest absolute Gasteiger partial charge is 0.573 e. The van der Waals surface area contributed by atoms with Gasteiger partial charge >= 0.3 is 6.36 Å². The number of ether oxygens (including phenoxy) is 1. The number of anilines is 4. The van der Waals surface area contributed by atoms with E-state index in [1.54, 1.807) is 0 Å². The standard InChI is InChI=1S/C27H25F3N2O4S.C20H22N2O/c28-27(29,30)36-20-14-16-21(17-15-20)37(34,35)31-22-8-5-11-25(26(22)33)32-23-9-3-1-6-18(23)12-13-19-7-2-4-10-24(19)32;21-16-8-5-11-19(20(16)23)22-17-9-3-1-6-14(17)12-13-15-7-2-4-10-18(15)22/h1-4,6-7,9-10,12-17,22,25-26,31,33H,5,8,11H2;1-4,6-7,9-10,12-13,16,19-20,23H,5,8,11,21H2/t22-,25+,26+;16-,19+,20+/m00/s1. The summed E-state index contributed by atoms with van der Waals surface area (Å²) in [6.45, 7) is 0. The fourth-order valence-corrected chi connectivity index (χ4v) is 10.1. The Kier molecular flexibility index (Phi) is 11.9. The van der Waals surface area contributed by atoms with E-state index in [0.29, 0.717) is 19.3 Å². The van der Waals surface area contributed by atoms with E-state index in [2.05, 4.69) is 79.9 Å². The molecule has 0 radical (unpaired) electrons. The van der Waals surface area contributed by atoms with Crippen LogP contribution in [0.4, 0.5) is 35.9 Å². The van der Waals surface area contributed by atoms with Crippen molar-refractivity contribution < 1.29 is 36.5 Å². The second-order valence-corrected chi connectivity index (χ2v) is 17.2. The van der Waals surface area contributed by atoms with Crippen LogP contribution in [0.5, 0.6) is 5.75 Å². The van der Waals surface area contributed by atoms with Crippen molar-refractivity contribution in [2.75, 3.05) is 9.80 Å². The number of aliphatic hydroxyl groups is 2. The fraction of sp³-hybridized carbons (Fsp3) is 0.277. The molecule has 0 bridgehead atoms. The Morgan fingerprint density at radius 2 is 0.983 bits per heavy atom. The number of alkyl halides is 3. The van der Waals surface area contributed by atoms with Crippen LogP contribution in [-0.4, -0.2) is 61.4 Å². The first-order valence-corrected chi connectivity index (χ1v) is 21.7. The highest BCUT2D eigenvalue weighted by Crippen LogP contribution is 2.43. The number of nitrogens with zero attached hydrogens (tertiary/aromatic N) is 2. The van der Waals surface area contributed by atoms with Crippen LogP contribution in [0.3, 0.4) is 0 Å². The van der Waals surface area contributed by atoms with Gasteiger partial charge in [-0.1, -0.05) is 97.1 Å². The van der Waals surface area contributed by atoms with E-state index in [9.17, 15) is 31.8 Å². The van der Waals surface area contributed by atoms with Gasteiger partial charge in [-0.2, -0.15) is 0 Å². The summed E-state index contributed by atoms with van der Waals surface area (Å²) in [5.41, 5.74) is 14.6. The predicted molar refractivity (Wildman–Crippen MR) is 230 cm³/mol. The SMILES string of the molecule is N[C@H]1CCC[C@@H](N2c3ccccc3C=Cc3ccccc32)[C@@H]1O.O=S(=O)(N[C@H]1CCC[C@@H](N2c3ccccc3C=Cc3ccccc32)[C@@H]1O)c1ccc(OC(F)(F)F)cc1. The number of aliphatic hydroxyl groups excluding tert-OH is 2. The van der Waals surface area contributed by atoms with E-state index in [4.69, 9.17) is 5.73 Å². The zero-order valence-corrected chi connectivity index (χ0v) is 33.5. The summed E-state index contributed by atoms with van der Waals surface area (Å²) in [5.74, 6) is -0.517. The van der Waals surface area contributed by atoms with Crippen molar-refractivity contribution >= 4 is 57.1 Å². The third-order valence-corrected chi connectivity index (χ3v) is 13.2. The Bertz CT molecular complexity index is 2380. The number of benzene rings is 5. The summed E-state index contributed by atoms with van der Waals surface area (Å²) < 4.78 is 69.9. The molecule has 2 fully saturated rings. The summed E-state index contributed by atoms with van der Waals surface area (Å²) in [4.78, 5) is 4.17. The van der Waals surface area contributed by atoms with Crippen LogP contribution >= 0.6 is 0 Å². The number of halogens is 3. The van der Waals surface area contributed by atoms with Crippen molar-refractivity contribution in [3.05, 3.63) is 144 Å². The highest BCUT2D eigenvalue weighted by molar-refractivity contribution is 7.89. The van der Waals surface area contributed by atoms with Crippen molar-refractivity contribution in [1.82, 2.24) is 4.72 Å². The lowest BCUT2D eigenvalue weighted by Crippen LogP contribution is -2.55. The minimum absolute atomic E-state index is 0.0148. The summed E-state index contributed by atoms with van der Waals surface area (Å²) >= 11 is 0. The highest BCUT2D eigenvalue weighted by Gasteiger charge is 2.40. The Balaban J connectivity index is 0.000000185. The Labute approximate surface area is 348 Å². The Hall–Kier alpha value is -5.44. The van der Waals surface area contributed by atoms with Crippen molar-refractivity contribution in [3.8, 4) is 5.75 Å². The molecular formula is C47H47F3N4O5S.